The molecule has 0 saturated carbocycles. The SMILES string of the molecule is C=C(COC(=O)C(C)(COC(C)=O)COC(C)=O)C(=O)OCCOCCOCCOCCOCCOCCOCCOCCOC. The van der Waals surface area contributed by atoms with Crippen LogP contribution in [-0.4, -0.2) is 157 Å². The second-order valence-corrected chi connectivity index (χ2v) is 9.72. The summed E-state index contributed by atoms with van der Waals surface area (Å²) in [4.78, 5) is 46.9. The quantitative estimate of drug-likeness (QED) is 0.0419. The minimum absolute atomic E-state index is 0.0462. The number of esters is 4. The van der Waals surface area contributed by atoms with Gasteiger partial charge in [0.1, 0.15) is 31.8 Å². The highest BCUT2D eigenvalue weighted by molar-refractivity contribution is 5.88. The van der Waals surface area contributed by atoms with Gasteiger partial charge in [-0.25, -0.2) is 4.79 Å². The van der Waals surface area contributed by atoms with Gasteiger partial charge >= 0.3 is 23.9 Å². The minimum atomic E-state index is -1.47. The number of ether oxygens (including phenoxy) is 12. The largest absolute Gasteiger partial charge is 0.465 e. The lowest BCUT2D eigenvalue weighted by Crippen LogP contribution is -2.40. The predicted octanol–water partition coefficient (Wildman–Crippen LogP) is 0.524. The van der Waals surface area contributed by atoms with Gasteiger partial charge in [0.25, 0.3) is 0 Å². The summed E-state index contributed by atoms with van der Waals surface area (Å²) in [6.45, 7) is 12.5. The lowest BCUT2D eigenvalue weighted by atomic mass is 9.93. The smallest absolute Gasteiger partial charge is 0.336 e. The normalized spacial score (nSPS) is 11.2. The Morgan fingerprint density at radius 1 is 0.500 bits per heavy atom. The zero-order valence-electron chi connectivity index (χ0n) is 27.7. The van der Waals surface area contributed by atoms with Crippen molar-refractivity contribution in [2.75, 3.05) is 133 Å². The summed E-state index contributed by atoms with van der Waals surface area (Å²) in [7, 11) is 1.63. The van der Waals surface area contributed by atoms with Crippen LogP contribution in [0.2, 0.25) is 0 Å². The molecule has 0 aliphatic carbocycles. The molecule has 0 rings (SSSR count). The number of carbonyl (C=O) groups excluding carboxylic acids is 4. The fourth-order valence-electron chi connectivity index (χ4n) is 2.93. The van der Waals surface area contributed by atoms with Gasteiger partial charge in [-0.3, -0.25) is 14.4 Å². The maximum Gasteiger partial charge on any atom is 0.336 e. The maximum absolute atomic E-state index is 12.5. The topological polar surface area (TPSA) is 179 Å². The second-order valence-electron chi connectivity index (χ2n) is 9.72. The molecule has 0 aromatic carbocycles. The Hall–Kier alpha value is -2.70. The fourth-order valence-corrected chi connectivity index (χ4v) is 2.93. The van der Waals surface area contributed by atoms with Gasteiger partial charge in [-0.2, -0.15) is 0 Å². The Labute approximate surface area is 271 Å². The van der Waals surface area contributed by atoms with Crippen molar-refractivity contribution in [1.29, 1.82) is 0 Å². The molecule has 0 unspecified atom stereocenters. The Balaban J connectivity index is 3.65. The average molecular weight is 669 g/mol. The predicted molar refractivity (Wildman–Crippen MR) is 160 cm³/mol. The first-order valence-electron chi connectivity index (χ1n) is 14.9. The molecule has 0 N–H and O–H groups in total. The summed E-state index contributed by atoms with van der Waals surface area (Å²) in [6, 6.07) is 0. The number of hydrogen-bond donors (Lipinski definition) is 0. The third-order valence-electron chi connectivity index (χ3n) is 5.47. The van der Waals surface area contributed by atoms with Gasteiger partial charge in [-0.15, -0.1) is 0 Å². The minimum Gasteiger partial charge on any atom is -0.465 e. The van der Waals surface area contributed by atoms with E-state index in [0.29, 0.717) is 85.9 Å². The molecule has 0 aliphatic rings. The molecule has 0 saturated heterocycles. The summed E-state index contributed by atoms with van der Waals surface area (Å²) in [5.41, 5.74) is -1.58. The van der Waals surface area contributed by atoms with Crippen LogP contribution in [0.1, 0.15) is 20.8 Å². The van der Waals surface area contributed by atoms with Gasteiger partial charge in [-0.05, 0) is 6.92 Å². The van der Waals surface area contributed by atoms with Crippen LogP contribution in [0.4, 0.5) is 0 Å². The van der Waals surface area contributed by atoms with Crippen molar-refractivity contribution < 1.29 is 76.0 Å². The maximum atomic E-state index is 12.5. The monoisotopic (exact) mass is 668 g/mol. The average Bonchev–Trinajstić information content (AvgIpc) is 3.03. The van der Waals surface area contributed by atoms with Gasteiger partial charge in [0, 0.05) is 21.0 Å². The van der Waals surface area contributed by atoms with Crippen LogP contribution >= 0.6 is 0 Å². The van der Waals surface area contributed by atoms with Crippen molar-refractivity contribution >= 4 is 23.9 Å². The fraction of sp³-hybridized carbons (Fsp3) is 0.800. The highest BCUT2D eigenvalue weighted by Gasteiger charge is 2.38. The highest BCUT2D eigenvalue weighted by atomic mass is 16.6. The van der Waals surface area contributed by atoms with Crippen LogP contribution in [0.5, 0.6) is 0 Å². The van der Waals surface area contributed by atoms with Crippen molar-refractivity contribution in [3.05, 3.63) is 12.2 Å². The summed E-state index contributed by atoms with van der Waals surface area (Å²) < 4.78 is 62.5. The third-order valence-corrected chi connectivity index (χ3v) is 5.47. The second kappa shape index (κ2) is 29.7. The van der Waals surface area contributed by atoms with Crippen LogP contribution in [-0.2, 0) is 76.0 Å². The zero-order chi connectivity index (χ0) is 34.3. The van der Waals surface area contributed by atoms with Crippen molar-refractivity contribution in [2.24, 2.45) is 5.41 Å². The van der Waals surface area contributed by atoms with Crippen LogP contribution in [0.15, 0.2) is 12.2 Å². The van der Waals surface area contributed by atoms with Gasteiger partial charge in [0.15, 0.2) is 0 Å². The molecule has 46 heavy (non-hydrogen) atoms. The van der Waals surface area contributed by atoms with E-state index in [4.69, 9.17) is 56.8 Å². The first-order chi connectivity index (χ1) is 22.1. The number of hydrogen-bond acceptors (Lipinski definition) is 16. The molecule has 268 valence electrons. The van der Waals surface area contributed by atoms with Gasteiger partial charge in [0.05, 0.1) is 105 Å². The summed E-state index contributed by atoms with van der Waals surface area (Å²) in [6.07, 6.45) is 0. The van der Waals surface area contributed by atoms with Crippen LogP contribution in [0.3, 0.4) is 0 Å². The highest BCUT2D eigenvalue weighted by Crippen LogP contribution is 2.21. The Kier molecular flexibility index (Phi) is 27.9. The molecule has 0 bridgehead atoms. The molecule has 16 heteroatoms. The summed E-state index contributed by atoms with van der Waals surface area (Å²) in [5.74, 6) is -2.86. The van der Waals surface area contributed by atoms with Crippen molar-refractivity contribution in [2.45, 2.75) is 20.8 Å². The molecular formula is C30H52O16. The van der Waals surface area contributed by atoms with Gasteiger partial charge in [0.2, 0.25) is 0 Å². The standard InChI is InChI=1S/C30H52O16/c1-25(22-44-29(34)30(4,23-45-26(2)31)24-46-27(3)32)28(33)43-21-20-42-19-18-41-17-16-40-15-14-39-13-12-38-11-10-37-9-8-36-7-6-35-5/h1,6-24H2,2-5H3. The van der Waals surface area contributed by atoms with Crippen LogP contribution in [0.25, 0.3) is 0 Å². The first kappa shape index (κ1) is 43.3. The summed E-state index contributed by atoms with van der Waals surface area (Å²) >= 11 is 0. The van der Waals surface area contributed by atoms with Crippen LogP contribution < -0.4 is 0 Å². The van der Waals surface area contributed by atoms with E-state index in [1.54, 1.807) is 7.11 Å². The first-order valence-corrected chi connectivity index (χ1v) is 14.9. The number of rotatable bonds is 32. The van der Waals surface area contributed by atoms with E-state index >= 15 is 0 Å². The van der Waals surface area contributed by atoms with Crippen LogP contribution in [0, 0.1) is 5.41 Å². The molecule has 0 radical (unpaired) electrons. The Morgan fingerprint density at radius 2 is 0.826 bits per heavy atom. The molecule has 0 aromatic heterocycles. The molecule has 0 atom stereocenters. The molecule has 16 nitrogen and oxygen atoms in total. The molecular weight excluding hydrogens is 616 g/mol. The van der Waals surface area contributed by atoms with Crippen molar-refractivity contribution in [3.63, 3.8) is 0 Å². The Morgan fingerprint density at radius 3 is 1.15 bits per heavy atom. The van der Waals surface area contributed by atoms with Crippen molar-refractivity contribution in [1.82, 2.24) is 0 Å². The third kappa shape index (κ3) is 26.5. The molecule has 0 heterocycles. The molecule has 0 spiro atoms. The summed E-state index contributed by atoms with van der Waals surface area (Å²) in [5, 5.41) is 0. The van der Waals surface area contributed by atoms with E-state index in [1.165, 1.54) is 20.8 Å². The molecule has 0 fully saturated rings. The Bertz CT molecular complexity index is 816. The molecule has 0 aromatic rings. The van der Waals surface area contributed by atoms with E-state index < -0.39 is 35.9 Å². The van der Waals surface area contributed by atoms with Gasteiger partial charge < -0.3 is 56.8 Å². The van der Waals surface area contributed by atoms with E-state index in [-0.39, 0.29) is 38.6 Å². The van der Waals surface area contributed by atoms with E-state index in [9.17, 15) is 19.2 Å². The van der Waals surface area contributed by atoms with E-state index in [2.05, 4.69) is 6.58 Å². The van der Waals surface area contributed by atoms with Gasteiger partial charge in [-0.1, -0.05) is 6.58 Å². The zero-order valence-corrected chi connectivity index (χ0v) is 27.7. The van der Waals surface area contributed by atoms with E-state index in [1.807, 2.05) is 0 Å². The lowest BCUT2D eigenvalue weighted by Gasteiger charge is -2.26. The number of carbonyl (C=O) groups is 4. The molecule has 0 amide bonds. The van der Waals surface area contributed by atoms with E-state index in [0.717, 1.165) is 0 Å². The molecule has 0 aliphatic heterocycles. The number of methoxy groups -OCH3 is 1. The van der Waals surface area contributed by atoms with Crippen molar-refractivity contribution in [3.8, 4) is 0 Å². The lowest BCUT2D eigenvalue weighted by molar-refractivity contribution is -0.168.